The Balaban J connectivity index is 1.66. The van der Waals surface area contributed by atoms with Gasteiger partial charge in [0.1, 0.15) is 5.75 Å². The van der Waals surface area contributed by atoms with Crippen molar-refractivity contribution >= 4 is 33.5 Å². The van der Waals surface area contributed by atoms with Crippen LogP contribution in [0.5, 0.6) is 5.75 Å². The summed E-state index contributed by atoms with van der Waals surface area (Å²) in [5.74, 6) is -0.0446. The van der Waals surface area contributed by atoms with Crippen molar-refractivity contribution in [2.24, 2.45) is 0 Å². The van der Waals surface area contributed by atoms with E-state index in [2.05, 4.69) is 21.2 Å². The SMILES string of the molecule is C[C@H](OC(=O)CCCOc1cccc(Br)c1)C(=O)Nc1ccccc1. The second-order valence-corrected chi connectivity index (χ2v) is 6.31. The number of ether oxygens (including phenoxy) is 2. The van der Waals surface area contributed by atoms with E-state index in [4.69, 9.17) is 9.47 Å². The fraction of sp³-hybridized carbons (Fsp3) is 0.263. The van der Waals surface area contributed by atoms with Gasteiger partial charge in [0.05, 0.1) is 6.61 Å². The van der Waals surface area contributed by atoms with Gasteiger partial charge in [0.25, 0.3) is 5.91 Å². The molecule has 1 atom stereocenters. The van der Waals surface area contributed by atoms with Gasteiger partial charge in [-0.2, -0.15) is 0 Å². The molecule has 2 rings (SSSR count). The fourth-order valence-electron chi connectivity index (χ4n) is 2.04. The van der Waals surface area contributed by atoms with Crippen LogP contribution in [0.1, 0.15) is 19.8 Å². The minimum absolute atomic E-state index is 0.191. The lowest BCUT2D eigenvalue weighted by Gasteiger charge is -2.13. The molecule has 1 N–H and O–H groups in total. The lowest BCUT2D eigenvalue weighted by atomic mass is 10.3. The summed E-state index contributed by atoms with van der Waals surface area (Å²) in [5.41, 5.74) is 0.665. The molecule has 0 radical (unpaired) electrons. The van der Waals surface area contributed by atoms with Crippen molar-refractivity contribution < 1.29 is 19.1 Å². The zero-order valence-electron chi connectivity index (χ0n) is 13.9. The third-order valence-corrected chi connectivity index (χ3v) is 3.80. The molecule has 0 saturated heterocycles. The number of carbonyl (C=O) groups excluding carboxylic acids is 2. The second kappa shape index (κ2) is 9.84. The van der Waals surface area contributed by atoms with Crippen LogP contribution in [0.3, 0.4) is 0 Å². The Hall–Kier alpha value is -2.34. The molecule has 0 bridgehead atoms. The van der Waals surface area contributed by atoms with Crippen LogP contribution in [0.25, 0.3) is 0 Å². The van der Waals surface area contributed by atoms with Crippen LogP contribution in [-0.4, -0.2) is 24.6 Å². The Kier molecular flexibility index (Phi) is 7.47. The van der Waals surface area contributed by atoms with E-state index >= 15 is 0 Å². The molecular formula is C19H20BrNO4. The number of benzene rings is 2. The molecule has 0 aliphatic heterocycles. The molecule has 132 valence electrons. The van der Waals surface area contributed by atoms with E-state index in [1.165, 1.54) is 0 Å². The highest BCUT2D eigenvalue weighted by Crippen LogP contribution is 2.18. The van der Waals surface area contributed by atoms with Crippen molar-refractivity contribution in [1.29, 1.82) is 0 Å². The van der Waals surface area contributed by atoms with Crippen LogP contribution >= 0.6 is 15.9 Å². The molecule has 0 saturated carbocycles. The standard InChI is InChI=1S/C19H20BrNO4/c1-14(19(23)21-16-8-3-2-4-9-16)25-18(22)11-6-12-24-17-10-5-7-15(20)13-17/h2-5,7-10,13-14H,6,11-12H2,1H3,(H,21,23)/t14-/m0/s1. The monoisotopic (exact) mass is 405 g/mol. The van der Waals surface area contributed by atoms with Crippen LogP contribution in [0, 0.1) is 0 Å². The number of esters is 1. The van der Waals surface area contributed by atoms with Crippen LogP contribution in [0.15, 0.2) is 59.1 Å². The highest BCUT2D eigenvalue weighted by atomic mass is 79.9. The fourth-order valence-corrected chi connectivity index (χ4v) is 2.42. The Bertz CT molecular complexity index is 706. The first-order valence-corrected chi connectivity index (χ1v) is 8.77. The smallest absolute Gasteiger partial charge is 0.306 e. The van der Waals surface area contributed by atoms with E-state index in [-0.39, 0.29) is 12.3 Å². The van der Waals surface area contributed by atoms with Crippen molar-refractivity contribution in [3.05, 3.63) is 59.1 Å². The first-order valence-electron chi connectivity index (χ1n) is 7.98. The molecule has 0 spiro atoms. The molecule has 25 heavy (non-hydrogen) atoms. The molecule has 0 aliphatic carbocycles. The maximum absolute atomic E-state index is 12.0. The Morgan fingerprint density at radius 2 is 1.88 bits per heavy atom. The Morgan fingerprint density at radius 1 is 1.12 bits per heavy atom. The van der Waals surface area contributed by atoms with Crippen LogP contribution in [0.4, 0.5) is 5.69 Å². The molecule has 6 heteroatoms. The molecule has 0 unspecified atom stereocenters. The van der Waals surface area contributed by atoms with E-state index in [1.807, 2.05) is 42.5 Å². The molecule has 2 aromatic carbocycles. The summed E-state index contributed by atoms with van der Waals surface area (Å²) in [4.78, 5) is 23.8. The zero-order chi connectivity index (χ0) is 18.1. The average Bonchev–Trinajstić information content (AvgIpc) is 2.59. The van der Waals surface area contributed by atoms with Gasteiger partial charge in [-0.15, -0.1) is 0 Å². The van der Waals surface area contributed by atoms with Crippen molar-refractivity contribution in [3.63, 3.8) is 0 Å². The van der Waals surface area contributed by atoms with Crippen molar-refractivity contribution in [2.75, 3.05) is 11.9 Å². The predicted molar refractivity (Wildman–Crippen MR) is 99.5 cm³/mol. The van der Waals surface area contributed by atoms with E-state index in [1.54, 1.807) is 19.1 Å². The summed E-state index contributed by atoms with van der Waals surface area (Å²) in [6.07, 6.45) is -0.145. The molecule has 0 aromatic heterocycles. The van der Waals surface area contributed by atoms with Gasteiger partial charge in [-0.05, 0) is 43.7 Å². The number of halogens is 1. The van der Waals surface area contributed by atoms with Gasteiger partial charge < -0.3 is 14.8 Å². The Morgan fingerprint density at radius 3 is 2.60 bits per heavy atom. The van der Waals surface area contributed by atoms with E-state index in [0.717, 1.165) is 10.2 Å². The summed E-state index contributed by atoms with van der Waals surface area (Å²) >= 11 is 3.37. The first kappa shape index (κ1) is 19.0. The van der Waals surface area contributed by atoms with Gasteiger partial charge in [0.15, 0.2) is 6.10 Å². The summed E-state index contributed by atoms with van der Waals surface area (Å²) < 4.78 is 11.6. The molecular weight excluding hydrogens is 386 g/mol. The molecule has 2 aromatic rings. The zero-order valence-corrected chi connectivity index (χ0v) is 15.5. The van der Waals surface area contributed by atoms with Crippen LogP contribution < -0.4 is 10.1 Å². The van der Waals surface area contributed by atoms with Gasteiger partial charge in [0.2, 0.25) is 0 Å². The maximum atomic E-state index is 12.0. The second-order valence-electron chi connectivity index (χ2n) is 5.40. The van der Waals surface area contributed by atoms with Crippen molar-refractivity contribution in [3.8, 4) is 5.75 Å². The number of anilines is 1. The van der Waals surface area contributed by atoms with E-state index in [0.29, 0.717) is 18.7 Å². The third-order valence-electron chi connectivity index (χ3n) is 3.31. The van der Waals surface area contributed by atoms with Crippen LogP contribution in [-0.2, 0) is 14.3 Å². The van der Waals surface area contributed by atoms with Crippen LogP contribution in [0.2, 0.25) is 0 Å². The van der Waals surface area contributed by atoms with Gasteiger partial charge in [-0.3, -0.25) is 9.59 Å². The van der Waals surface area contributed by atoms with Crippen molar-refractivity contribution in [2.45, 2.75) is 25.9 Å². The number of amides is 1. The third kappa shape index (κ3) is 6.97. The van der Waals surface area contributed by atoms with Gasteiger partial charge in [-0.1, -0.05) is 40.2 Å². The Labute approximate surface area is 155 Å². The summed E-state index contributed by atoms with van der Waals surface area (Å²) in [6, 6.07) is 16.5. The molecule has 1 amide bonds. The highest BCUT2D eigenvalue weighted by Gasteiger charge is 2.17. The van der Waals surface area contributed by atoms with Gasteiger partial charge in [-0.25, -0.2) is 0 Å². The molecule has 0 aliphatic rings. The minimum Gasteiger partial charge on any atom is -0.494 e. The van der Waals surface area contributed by atoms with E-state index in [9.17, 15) is 9.59 Å². The van der Waals surface area contributed by atoms with Crippen molar-refractivity contribution in [1.82, 2.24) is 0 Å². The number of hydrogen-bond acceptors (Lipinski definition) is 4. The van der Waals surface area contributed by atoms with E-state index < -0.39 is 12.1 Å². The quantitative estimate of drug-likeness (QED) is 0.528. The first-order chi connectivity index (χ1) is 12.0. The average molecular weight is 406 g/mol. The number of carbonyl (C=O) groups is 2. The molecule has 5 nitrogen and oxygen atoms in total. The number of nitrogens with one attached hydrogen (secondary N) is 1. The number of para-hydroxylation sites is 1. The largest absolute Gasteiger partial charge is 0.494 e. The number of rotatable bonds is 8. The topological polar surface area (TPSA) is 64.6 Å². The lowest BCUT2D eigenvalue weighted by Crippen LogP contribution is -2.30. The minimum atomic E-state index is -0.848. The summed E-state index contributed by atoms with van der Waals surface area (Å²) in [6.45, 7) is 1.95. The normalized spacial score (nSPS) is 11.4. The molecule has 0 fully saturated rings. The highest BCUT2D eigenvalue weighted by molar-refractivity contribution is 9.10. The number of hydrogen-bond donors (Lipinski definition) is 1. The predicted octanol–water partition coefficient (Wildman–Crippen LogP) is 4.18. The summed E-state index contributed by atoms with van der Waals surface area (Å²) in [5, 5.41) is 2.70. The lowest BCUT2D eigenvalue weighted by molar-refractivity contribution is -0.153. The van der Waals surface area contributed by atoms with Gasteiger partial charge in [0, 0.05) is 16.6 Å². The van der Waals surface area contributed by atoms with Gasteiger partial charge >= 0.3 is 5.97 Å². The maximum Gasteiger partial charge on any atom is 0.306 e. The molecule has 0 heterocycles. The summed E-state index contributed by atoms with van der Waals surface area (Å²) in [7, 11) is 0.